The van der Waals surface area contributed by atoms with Gasteiger partial charge in [-0.2, -0.15) is 8.78 Å². The van der Waals surface area contributed by atoms with Gasteiger partial charge in [-0.25, -0.2) is 23.5 Å². The third-order valence-electron chi connectivity index (χ3n) is 12.5. The number of nitrogens with zero attached hydrogens (tertiary/aromatic N) is 4. The van der Waals surface area contributed by atoms with Gasteiger partial charge in [-0.15, -0.1) is 0 Å². The normalized spacial score (nSPS) is 28.4. The van der Waals surface area contributed by atoms with Crippen LogP contribution in [0.4, 0.5) is 17.6 Å². The number of likely N-dealkylation sites (tertiary alicyclic amines) is 1. The van der Waals surface area contributed by atoms with Crippen LogP contribution >= 0.6 is 0 Å². The number of carbonyl (C=O) groups is 2. The van der Waals surface area contributed by atoms with E-state index < -0.39 is 40.5 Å². The zero-order chi connectivity index (χ0) is 37.3. The first kappa shape index (κ1) is 36.2. The molecule has 0 radical (unpaired) electrons. The van der Waals surface area contributed by atoms with Crippen molar-refractivity contribution in [3.8, 4) is 17.1 Å². The molecule has 0 unspecified atom stereocenters. The van der Waals surface area contributed by atoms with E-state index >= 15 is 8.78 Å². The number of hydrogen-bond acceptors (Lipinski definition) is 7. The lowest BCUT2D eigenvalue weighted by atomic mass is 9.48. The summed E-state index contributed by atoms with van der Waals surface area (Å²) < 4.78 is 72.0. The molecule has 4 bridgehead atoms. The second-order valence-electron chi connectivity index (χ2n) is 16.4. The van der Waals surface area contributed by atoms with Crippen molar-refractivity contribution in [3.05, 3.63) is 41.9 Å². The Labute approximate surface area is 305 Å². The molecule has 4 heterocycles. The molecule has 1 aromatic carbocycles. The van der Waals surface area contributed by atoms with Crippen LogP contribution in [0, 0.1) is 23.7 Å². The first-order valence-electron chi connectivity index (χ1n) is 19.0. The van der Waals surface area contributed by atoms with Gasteiger partial charge in [0.2, 0.25) is 0 Å². The maximum atomic E-state index is 15.4. The Balaban J connectivity index is 1.10. The van der Waals surface area contributed by atoms with E-state index in [0.29, 0.717) is 100 Å². The number of carboxylic acid groups (broad SMARTS) is 1. The van der Waals surface area contributed by atoms with Crippen molar-refractivity contribution < 1.29 is 41.7 Å². The monoisotopic (exact) mass is 741 g/mol. The number of fused-ring (bicyclic) bond motifs is 1. The maximum absolute atomic E-state index is 15.4. The molecule has 53 heavy (non-hydrogen) atoms. The molecule has 286 valence electrons. The van der Waals surface area contributed by atoms with Crippen molar-refractivity contribution in [3.63, 3.8) is 0 Å². The molecule has 14 heteroatoms. The standard InChI is InChI=1S/C39H47F4N5O5/c1-37(40,41)21-47-9-5-27(6-10-47)53-28-3-4-29-31(20-48(32(29)18-28)26-7-11-52-12-8-26)34-44-19-30(33(45-34)38(2,42)43)35(49)46-39(36(50)51)24-14-22-13-23(16-24)17-25(39)15-22/h3-4,18-20,22-27H,5-17,21H2,1-2H3,(H,46,49)(H,50,51). The second-order valence-corrected chi connectivity index (χ2v) is 16.4. The van der Waals surface area contributed by atoms with Gasteiger partial charge in [-0.1, -0.05) is 0 Å². The van der Waals surface area contributed by atoms with Crippen LogP contribution < -0.4 is 10.1 Å². The number of hydrogen-bond donors (Lipinski definition) is 2. The first-order chi connectivity index (χ1) is 25.2. The first-order valence-corrected chi connectivity index (χ1v) is 19.0. The molecule has 1 amide bonds. The minimum absolute atomic E-state index is 0.0187. The lowest BCUT2D eigenvalue weighted by molar-refractivity contribution is -0.163. The molecule has 6 aliphatic rings. The van der Waals surface area contributed by atoms with Crippen LogP contribution in [0.3, 0.4) is 0 Å². The van der Waals surface area contributed by atoms with E-state index in [9.17, 15) is 23.5 Å². The topological polar surface area (TPSA) is 119 Å². The number of halogens is 4. The molecule has 6 fully saturated rings. The van der Waals surface area contributed by atoms with Crippen molar-refractivity contribution in [1.82, 2.24) is 24.8 Å². The van der Waals surface area contributed by atoms with E-state index in [1.807, 2.05) is 18.3 Å². The van der Waals surface area contributed by atoms with Crippen molar-refractivity contribution in [2.45, 2.75) is 101 Å². The quantitative estimate of drug-likeness (QED) is 0.212. The largest absolute Gasteiger partial charge is 0.490 e. The number of nitrogens with one attached hydrogen (secondary N) is 1. The summed E-state index contributed by atoms with van der Waals surface area (Å²) in [5.41, 5.74) is -1.40. The Kier molecular flexibility index (Phi) is 9.23. The number of rotatable bonds is 10. The maximum Gasteiger partial charge on any atom is 0.330 e. The van der Waals surface area contributed by atoms with E-state index in [-0.39, 0.29) is 36.4 Å². The molecule has 4 saturated carbocycles. The molecular weight excluding hydrogens is 694 g/mol. The predicted octanol–water partition coefficient (Wildman–Crippen LogP) is 7.07. The van der Waals surface area contributed by atoms with Gasteiger partial charge >= 0.3 is 5.97 Å². The summed E-state index contributed by atoms with van der Waals surface area (Å²) in [7, 11) is 0. The number of carbonyl (C=O) groups excluding carboxylic acids is 1. The summed E-state index contributed by atoms with van der Waals surface area (Å²) in [6.45, 7) is 3.48. The summed E-state index contributed by atoms with van der Waals surface area (Å²) in [5, 5.41) is 14.0. The Morgan fingerprint density at radius 2 is 1.66 bits per heavy atom. The van der Waals surface area contributed by atoms with Crippen LogP contribution in [0.25, 0.3) is 22.3 Å². The van der Waals surface area contributed by atoms with E-state index in [2.05, 4.69) is 19.9 Å². The van der Waals surface area contributed by atoms with Gasteiger partial charge in [-0.3, -0.25) is 9.69 Å². The molecule has 2 N–H and O–H groups in total. The van der Waals surface area contributed by atoms with Gasteiger partial charge in [0.15, 0.2) is 5.82 Å². The molecule has 3 aromatic rings. The lowest BCUT2D eigenvalue weighted by Crippen LogP contribution is -2.70. The highest BCUT2D eigenvalue weighted by atomic mass is 19.3. The van der Waals surface area contributed by atoms with Crippen molar-refractivity contribution in [2.24, 2.45) is 23.7 Å². The van der Waals surface area contributed by atoms with Crippen LogP contribution in [0.2, 0.25) is 0 Å². The van der Waals surface area contributed by atoms with E-state index in [1.54, 1.807) is 11.0 Å². The van der Waals surface area contributed by atoms with Gasteiger partial charge < -0.3 is 24.5 Å². The second kappa shape index (κ2) is 13.5. The van der Waals surface area contributed by atoms with Crippen molar-refractivity contribution in [1.29, 1.82) is 0 Å². The Hall–Kier alpha value is -3.78. The summed E-state index contributed by atoms with van der Waals surface area (Å²) in [6.07, 6.45) is 9.41. The molecular formula is C39H47F4N5O5. The van der Waals surface area contributed by atoms with Crippen LogP contribution in [0.1, 0.15) is 93.7 Å². The highest BCUT2D eigenvalue weighted by Gasteiger charge is 2.62. The van der Waals surface area contributed by atoms with E-state index in [4.69, 9.17) is 9.47 Å². The number of alkyl halides is 4. The molecule has 9 rings (SSSR count). The third-order valence-corrected chi connectivity index (χ3v) is 12.5. The van der Waals surface area contributed by atoms with E-state index in [1.165, 1.54) is 0 Å². The zero-order valence-corrected chi connectivity index (χ0v) is 30.1. The summed E-state index contributed by atoms with van der Waals surface area (Å²) in [5.74, 6) is -7.30. The average molecular weight is 742 g/mol. The van der Waals surface area contributed by atoms with Crippen molar-refractivity contribution >= 4 is 22.8 Å². The fraction of sp³-hybridized carbons (Fsp3) is 0.641. The molecule has 10 nitrogen and oxygen atoms in total. The highest BCUT2D eigenvalue weighted by molar-refractivity contribution is 6.00. The van der Waals surface area contributed by atoms with Gasteiger partial charge in [0.05, 0.1) is 17.6 Å². The summed E-state index contributed by atoms with van der Waals surface area (Å²) in [6, 6.07) is 5.62. The number of aromatic nitrogens is 3. The number of ether oxygens (including phenoxy) is 2. The number of piperidine rings is 1. The minimum Gasteiger partial charge on any atom is -0.490 e. The van der Waals surface area contributed by atoms with Crippen LogP contribution in [-0.4, -0.2) is 86.8 Å². The van der Waals surface area contributed by atoms with Crippen LogP contribution in [0.15, 0.2) is 30.6 Å². The van der Waals surface area contributed by atoms with Crippen LogP contribution in [0.5, 0.6) is 5.75 Å². The molecule has 2 aromatic heterocycles. The fourth-order valence-corrected chi connectivity index (χ4v) is 10.3. The number of amides is 1. The zero-order valence-electron chi connectivity index (χ0n) is 30.1. The SMILES string of the molecule is CC(F)(F)CN1CCC(Oc2ccc3c(-c4ncc(C(=O)NC5(C(=O)O)C6CC7CC(C6)CC5C7)c(C(C)(F)F)n4)cn(C4CCOCC4)c3c2)CC1. The van der Waals surface area contributed by atoms with Crippen molar-refractivity contribution in [2.75, 3.05) is 32.8 Å². The number of aliphatic carboxylic acids is 1. The summed E-state index contributed by atoms with van der Waals surface area (Å²) in [4.78, 5) is 37.4. The molecule has 0 atom stereocenters. The minimum atomic E-state index is -3.53. The molecule has 4 aliphatic carbocycles. The van der Waals surface area contributed by atoms with Crippen LogP contribution in [-0.2, 0) is 15.5 Å². The number of benzene rings is 1. The molecule has 2 saturated heterocycles. The summed E-state index contributed by atoms with van der Waals surface area (Å²) >= 11 is 0. The Morgan fingerprint density at radius 3 is 2.26 bits per heavy atom. The average Bonchev–Trinajstić information content (AvgIpc) is 3.48. The van der Waals surface area contributed by atoms with Gasteiger partial charge in [-0.05, 0) is 93.6 Å². The fourth-order valence-electron chi connectivity index (χ4n) is 10.3. The van der Waals surface area contributed by atoms with Gasteiger partial charge in [0.1, 0.15) is 23.1 Å². The van der Waals surface area contributed by atoms with E-state index in [0.717, 1.165) is 37.9 Å². The third kappa shape index (κ3) is 6.90. The lowest BCUT2D eigenvalue weighted by Gasteiger charge is -2.59. The Morgan fingerprint density at radius 1 is 1.00 bits per heavy atom. The predicted molar refractivity (Wildman–Crippen MR) is 187 cm³/mol. The highest BCUT2D eigenvalue weighted by Crippen LogP contribution is 2.58. The van der Waals surface area contributed by atoms with Gasteiger partial charge in [0, 0.05) is 75.6 Å². The molecule has 0 spiro atoms. The Bertz CT molecular complexity index is 1850. The van der Waals surface area contributed by atoms with Gasteiger partial charge in [0.25, 0.3) is 17.8 Å². The smallest absolute Gasteiger partial charge is 0.330 e. The number of carboxylic acids is 1. The molecule has 2 aliphatic heterocycles.